The SMILES string of the molecule is O=C1/C(=C\c2cccc(Br)c2)SC(=S)N1CN1CCCCC1. The van der Waals surface area contributed by atoms with Crippen molar-refractivity contribution in [1.29, 1.82) is 0 Å². The van der Waals surface area contributed by atoms with Crippen LogP contribution in [0.15, 0.2) is 33.6 Å². The molecule has 116 valence electrons. The first-order valence-corrected chi connectivity index (χ1v) is 9.38. The van der Waals surface area contributed by atoms with Crippen LogP contribution in [0.2, 0.25) is 0 Å². The average molecular weight is 397 g/mol. The fourth-order valence-electron chi connectivity index (χ4n) is 2.67. The predicted octanol–water partition coefficient (Wildman–Crippen LogP) is 4.09. The first kappa shape index (κ1) is 16.2. The minimum atomic E-state index is 0.0283. The Morgan fingerprint density at radius 3 is 2.77 bits per heavy atom. The average Bonchev–Trinajstić information content (AvgIpc) is 2.76. The third-order valence-corrected chi connectivity index (χ3v) is 5.68. The fourth-order valence-corrected chi connectivity index (χ4v) is 4.33. The monoisotopic (exact) mass is 396 g/mol. The van der Waals surface area contributed by atoms with Crippen molar-refractivity contribution in [3.05, 3.63) is 39.2 Å². The summed E-state index contributed by atoms with van der Waals surface area (Å²) >= 11 is 10.2. The minimum absolute atomic E-state index is 0.0283. The summed E-state index contributed by atoms with van der Waals surface area (Å²) in [5.41, 5.74) is 1.01. The number of carbonyl (C=O) groups excluding carboxylic acids is 1. The van der Waals surface area contributed by atoms with Gasteiger partial charge in [-0.15, -0.1) is 0 Å². The Morgan fingerprint density at radius 1 is 1.27 bits per heavy atom. The van der Waals surface area contributed by atoms with Crippen molar-refractivity contribution in [2.45, 2.75) is 19.3 Å². The molecule has 1 amide bonds. The second-order valence-electron chi connectivity index (χ2n) is 5.48. The molecule has 2 aliphatic rings. The summed E-state index contributed by atoms with van der Waals surface area (Å²) in [5.74, 6) is 0.0283. The Morgan fingerprint density at radius 2 is 2.05 bits per heavy atom. The number of thiocarbonyl (C=S) groups is 1. The summed E-state index contributed by atoms with van der Waals surface area (Å²) in [6.07, 6.45) is 5.63. The Bertz CT molecular complexity index is 626. The largest absolute Gasteiger partial charge is 0.286 e. The van der Waals surface area contributed by atoms with Crippen molar-refractivity contribution in [1.82, 2.24) is 9.80 Å². The molecule has 0 radical (unpaired) electrons. The van der Waals surface area contributed by atoms with Crippen LogP contribution < -0.4 is 0 Å². The molecular formula is C16H17BrN2OS2. The molecular weight excluding hydrogens is 380 g/mol. The lowest BCUT2D eigenvalue weighted by atomic mass is 10.1. The van der Waals surface area contributed by atoms with Gasteiger partial charge in [0.25, 0.3) is 5.91 Å². The molecule has 0 aromatic heterocycles. The van der Waals surface area contributed by atoms with E-state index < -0.39 is 0 Å². The van der Waals surface area contributed by atoms with E-state index in [1.54, 1.807) is 4.90 Å². The van der Waals surface area contributed by atoms with Crippen molar-refractivity contribution < 1.29 is 4.79 Å². The van der Waals surface area contributed by atoms with Crippen molar-refractivity contribution in [2.24, 2.45) is 0 Å². The van der Waals surface area contributed by atoms with Crippen LogP contribution in [0.3, 0.4) is 0 Å². The van der Waals surface area contributed by atoms with Crippen LogP contribution in [0.4, 0.5) is 0 Å². The number of carbonyl (C=O) groups is 1. The number of nitrogens with zero attached hydrogens (tertiary/aromatic N) is 2. The van der Waals surface area contributed by atoms with Gasteiger partial charge in [0.1, 0.15) is 4.32 Å². The van der Waals surface area contributed by atoms with Gasteiger partial charge in [0, 0.05) is 4.47 Å². The maximum Gasteiger partial charge on any atom is 0.267 e. The number of piperidine rings is 1. The highest BCUT2D eigenvalue weighted by atomic mass is 79.9. The lowest BCUT2D eigenvalue weighted by Crippen LogP contribution is -2.42. The standard InChI is InChI=1S/C16H17BrN2OS2/c17-13-6-4-5-12(9-13)10-14-15(20)19(16(21)22-14)11-18-7-2-1-3-8-18/h4-6,9-10H,1-3,7-8,11H2/b14-10+. The topological polar surface area (TPSA) is 23.6 Å². The lowest BCUT2D eigenvalue weighted by Gasteiger charge is -2.29. The van der Waals surface area contributed by atoms with E-state index in [0.29, 0.717) is 15.9 Å². The highest BCUT2D eigenvalue weighted by Gasteiger charge is 2.33. The molecule has 3 rings (SSSR count). The van der Waals surface area contributed by atoms with Crippen molar-refractivity contribution in [3.8, 4) is 0 Å². The molecule has 2 saturated heterocycles. The zero-order valence-electron chi connectivity index (χ0n) is 12.1. The summed E-state index contributed by atoms with van der Waals surface area (Å²) in [5, 5.41) is 0. The molecule has 2 aliphatic heterocycles. The Balaban J connectivity index is 1.73. The van der Waals surface area contributed by atoms with Gasteiger partial charge in [0.05, 0.1) is 11.6 Å². The third kappa shape index (κ3) is 3.79. The molecule has 2 heterocycles. The Labute approximate surface area is 148 Å². The van der Waals surface area contributed by atoms with E-state index in [1.807, 2.05) is 30.3 Å². The van der Waals surface area contributed by atoms with Crippen molar-refractivity contribution in [2.75, 3.05) is 19.8 Å². The molecule has 0 N–H and O–H groups in total. The van der Waals surface area contributed by atoms with Crippen LogP contribution in [0.25, 0.3) is 6.08 Å². The number of likely N-dealkylation sites (tertiary alicyclic amines) is 1. The number of hydrogen-bond donors (Lipinski definition) is 0. The van der Waals surface area contributed by atoms with Crippen LogP contribution in [-0.4, -0.2) is 39.8 Å². The number of amides is 1. The van der Waals surface area contributed by atoms with Crippen LogP contribution >= 0.6 is 39.9 Å². The third-order valence-electron chi connectivity index (χ3n) is 3.81. The molecule has 0 spiro atoms. The molecule has 0 bridgehead atoms. The van der Waals surface area contributed by atoms with Gasteiger partial charge in [-0.05, 0) is 49.7 Å². The van der Waals surface area contributed by atoms with Gasteiger partial charge >= 0.3 is 0 Å². The van der Waals surface area contributed by atoms with Crippen molar-refractivity contribution in [3.63, 3.8) is 0 Å². The fraction of sp³-hybridized carbons (Fsp3) is 0.375. The van der Waals surface area contributed by atoms with Crippen LogP contribution in [0, 0.1) is 0 Å². The summed E-state index contributed by atoms with van der Waals surface area (Å²) in [7, 11) is 0. The van der Waals surface area contributed by atoms with Gasteiger partial charge in [0.2, 0.25) is 0 Å². The second-order valence-corrected chi connectivity index (χ2v) is 8.08. The number of halogens is 1. The highest BCUT2D eigenvalue weighted by Crippen LogP contribution is 2.33. The van der Waals surface area contributed by atoms with Gasteiger partial charge in [-0.2, -0.15) is 0 Å². The number of rotatable bonds is 3. The molecule has 22 heavy (non-hydrogen) atoms. The lowest BCUT2D eigenvalue weighted by molar-refractivity contribution is -0.123. The Kier molecular flexibility index (Phi) is 5.33. The van der Waals surface area contributed by atoms with E-state index in [2.05, 4.69) is 20.8 Å². The summed E-state index contributed by atoms with van der Waals surface area (Å²) in [4.78, 5) is 17.3. The van der Waals surface area contributed by atoms with Gasteiger partial charge in [0.15, 0.2) is 0 Å². The molecule has 1 aromatic rings. The maximum atomic E-state index is 12.6. The van der Waals surface area contributed by atoms with E-state index in [9.17, 15) is 4.79 Å². The molecule has 0 atom stereocenters. The normalized spacial score (nSPS) is 21.9. The molecule has 0 aliphatic carbocycles. The van der Waals surface area contributed by atoms with Crippen molar-refractivity contribution >= 4 is 56.2 Å². The summed E-state index contributed by atoms with van der Waals surface area (Å²) in [6, 6.07) is 7.92. The molecule has 1 aromatic carbocycles. The van der Waals surface area contributed by atoms with Crippen LogP contribution in [0.5, 0.6) is 0 Å². The first-order valence-electron chi connectivity index (χ1n) is 7.37. The predicted molar refractivity (Wildman–Crippen MR) is 99.4 cm³/mol. The molecule has 2 fully saturated rings. The zero-order valence-corrected chi connectivity index (χ0v) is 15.3. The minimum Gasteiger partial charge on any atom is -0.286 e. The summed E-state index contributed by atoms with van der Waals surface area (Å²) < 4.78 is 1.67. The zero-order chi connectivity index (χ0) is 15.5. The van der Waals surface area contributed by atoms with E-state index in [-0.39, 0.29) is 5.91 Å². The van der Waals surface area contributed by atoms with Gasteiger partial charge in [-0.25, -0.2) is 0 Å². The van der Waals surface area contributed by atoms with Gasteiger partial charge in [-0.1, -0.05) is 58.5 Å². The van der Waals surface area contributed by atoms with E-state index in [1.165, 1.54) is 31.0 Å². The van der Waals surface area contributed by atoms with E-state index >= 15 is 0 Å². The number of hydrogen-bond acceptors (Lipinski definition) is 4. The van der Waals surface area contributed by atoms with Gasteiger partial charge < -0.3 is 0 Å². The quantitative estimate of drug-likeness (QED) is 0.566. The molecule has 0 unspecified atom stereocenters. The second kappa shape index (κ2) is 7.25. The smallest absolute Gasteiger partial charge is 0.267 e. The van der Waals surface area contributed by atoms with Gasteiger partial charge in [-0.3, -0.25) is 14.6 Å². The van der Waals surface area contributed by atoms with E-state index in [4.69, 9.17) is 12.2 Å². The Hall–Kier alpha value is -0.690. The number of benzene rings is 1. The summed E-state index contributed by atoms with van der Waals surface area (Å²) in [6.45, 7) is 2.74. The highest BCUT2D eigenvalue weighted by molar-refractivity contribution is 9.10. The van der Waals surface area contributed by atoms with Crippen LogP contribution in [0.1, 0.15) is 24.8 Å². The van der Waals surface area contributed by atoms with E-state index in [0.717, 1.165) is 23.1 Å². The maximum absolute atomic E-state index is 12.6. The number of thioether (sulfide) groups is 1. The molecule has 6 heteroatoms. The van der Waals surface area contributed by atoms with Crippen LogP contribution in [-0.2, 0) is 4.79 Å². The first-order chi connectivity index (χ1) is 10.6. The molecule has 3 nitrogen and oxygen atoms in total. The molecule has 0 saturated carbocycles.